The number of carboxylic acids is 1. The van der Waals surface area contributed by atoms with Gasteiger partial charge in [-0.2, -0.15) is 4.68 Å². The Labute approximate surface area is 112 Å². The highest BCUT2D eigenvalue weighted by Gasteiger charge is 2.22. The number of aromatic carboxylic acids is 1. The van der Waals surface area contributed by atoms with E-state index in [4.69, 9.17) is 0 Å². The quantitative estimate of drug-likeness (QED) is 0.789. The molecule has 0 aliphatic carbocycles. The van der Waals surface area contributed by atoms with Crippen molar-refractivity contribution in [1.82, 2.24) is 20.0 Å². The Morgan fingerprint density at radius 2 is 2.05 bits per heavy atom. The standard InChI is InChI=1S/C12H8N4O2S/c17-11(18)9-10(8-4-2-1-3-5-8)16(15-14-9)12-13-6-7-19-12/h1-7H,(H,17,18). The molecule has 0 fully saturated rings. The molecule has 19 heavy (non-hydrogen) atoms. The third-order valence-corrected chi connectivity index (χ3v) is 3.27. The van der Waals surface area contributed by atoms with Crippen LogP contribution in [0.15, 0.2) is 41.9 Å². The fraction of sp³-hybridized carbons (Fsp3) is 0. The topological polar surface area (TPSA) is 80.9 Å². The number of benzene rings is 1. The molecule has 7 heteroatoms. The van der Waals surface area contributed by atoms with Gasteiger partial charge in [0.25, 0.3) is 0 Å². The molecule has 0 saturated carbocycles. The smallest absolute Gasteiger partial charge is 0.358 e. The Kier molecular flexibility index (Phi) is 2.81. The van der Waals surface area contributed by atoms with Crippen molar-refractivity contribution < 1.29 is 9.90 Å². The lowest BCUT2D eigenvalue weighted by atomic mass is 10.1. The summed E-state index contributed by atoms with van der Waals surface area (Å²) in [4.78, 5) is 15.4. The molecule has 3 aromatic rings. The molecule has 0 atom stereocenters. The van der Waals surface area contributed by atoms with Crippen LogP contribution in [0.25, 0.3) is 16.4 Å². The van der Waals surface area contributed by atoms with Gasteiger partial charge in [-0.25, -0.2) is 9.78 Å². The van der Waals surface area contributed by atoms with E-state index in [2.05, 4.69) is 15.3 Å². The van der Waals surface area contributed by atoms with Gasteiger partial charge in [-0.05, 0) is 0 Å². The molecule has 2 aromatic heterocycles. The lowest BCUT2D eigenvalue weighted by molar-refractivity contribution is 0.0691. The molecule has 94 valence electrons. The first-order valence-corrected chi connectivity index (χ1v) is 6.29. The van der Waals surface area contributed by atoms with Crippen molar-refractivity contribution in [3.8, 4) is 16.4 Å². The van der Waals surface area contributed by atoms with Crippen molar-refractivity contribution in [3.63, 3.8) is 0 Å². The van der Waals surface area contributed by atoms with E-state index in [-0.39, 0.29) is 5.69 Å². The van der Waals surface area contributed by atoms with Gasteiger partial charge in [-0.3, -0.25) is 0 Å². The van der Waals surface area contributed by atoms with E-state index < -0.39 is 5.97 Å². The molecule has 6 nitrogen and oxygen atoms in total. The van der Waals surface area contributed by atoms with Crippen LogP contribution in [0.4, 0.5) is 0 Å². The van der Waals surface area contributed by atoms with Crippen molar-refractivity contribution in [2.75, 3.05) is 0 Å². The van der Waals surface area contributed by atoms with Crippen molar-refractivity contribution in [2.45, 2.75) is 0 Å². The maximum atomic E-state index is 11.2. The normalized spacial score (nSPS) is 10.5. The van der Waals surface area contributed by atoms with Crippen LogP contribution < -0.4 is 0 Å². The van der Waals surface area contributed by atoms with Crippen LogP contribution in [0.5, 0.6) is 0 Å². The summed E-state index contributed by atoms with van der Waals surface area (Å²) in [7, 11) is 0. The molecule has 0 bridgehead atoms. The molecule has 0 radical (unpaired) electrons. The van der Waals surface area contributed by atoms with Gasteiger partial charge in [-0.1, -0.05) is 35.5 Å². The summed E-state index contributed by atoms with van der Waals surface area (Å²) in [5, 5.41) is 19.2. The van der Waals surface area contributed by atoms with Crippen LogP contribution in [0, 0.1) is 0 Å². The van der Waals surface area contributed by atoms with Gasteiger partial charge in [0.05, 0.1) is 0 Å². The van der Waals surface area contributed by atoms with E-state index in [0.717, 1.165) is 5.56 Å². The Bertz CT molecular complexity index is 707. The third kappa shape index (κ3) is 2.00. The highest BCUT2D eigenvalue weighted by Crippen LogP contribution is 2.25. The van der Waals surface area contributed by atoms with Gasteiger partial charge < -0.3 is 5.11 Å². The van der Waals surface area contributed by atoms with Crippen LogP contribution in [0.1, 0.15) is 10.5 Å². The van der Waals surface area contributed by atoms with Gasteiger partial charge in [-0.15, -0.1) is 16.4 Å². The number of carbonyl (C=O) groups is 1. The van der Waals surface area contributed by atoms with Gasteiger partial charge in [0.15, 0.2) is 5.69 Å². The Balaban J connectivity index is 2.25. The number of rotatable bonds is 3. The second kappa shape index (κ2) is 4.62. The fourth-order valence-corrected chi connectivity index (χ4v) is 2.33. The minimum absolute atomic E-state index is 0.0820. The van der Waals surface area contributed by atoms with E-state index in [1.807, 2.05) is 30.3 Å². The van der Waals surface area contributed by atoms with E-state index in [0.29, 0.717) is 10.8 Å². The largest absolute Gasteiger partial charge is 0.476 e. The van der Waals surface area contributed by atoms with Crippen molar-refractivity contribution >= 4 is 17.3 Å². The van der Waals surface area contributed by atoms with Crippen LogP contribution in [-0.4, -0.2) is 31.1 Å². The summed E-state index contributed by atoms with van der Waals surface area (Å²) < 4.78 is 1.45. The first-order chi connectivity index (χ1) is 9.27. The van der Waals surface area contributed by atoms with E-state index in [9.17, 15) is 9.90 Å². The summed E-state index contributed by atoms with van der Waals surface area (Å²) in [6, 6.07) is 9.16. The Morgan fingerprint density at radius 1 is 1.26 bits per heavy atom. The van der Waals surface area contributed by atoms with Crippen molar-refractivity contribution in [2.24, 2.45) is 0 Å². The maximum Gasteiger partial charge on any atom is 0.358 e. The van der Waals surface area contributed by atoms with Crippen LogP contribution in [0.3, 0.4) is 0 Å². The second-order valence-corrected chi connectivity index (χ2v) is 4.56. The molecular weight excluding hydrogens is 264 g/mol. The van der Waals surface area contributed by atoms with Crippen molar-refractivity contribution in [3.05, 3.63) is 47.6 Å². The van der Waals surface area contributed by atoms with Crippen LogP contribution in [0.2, 0.25) is 0 Å². The van der Waals surface area contributed by atoms with E-state index >= 15 is 0 Å². The zero-order valence-corrected chi connectivity index (χ0v) is 10.4. The Morgan fingerprint density at radius 3 is 2.68 bits per heavy atom. The van der Waals surface area contributed by atoms with E-state index in [1.54, 1.807) is 11.6 Å². The van der Waals surface area contributed by atoms with Crippen LogP contribution >= 0.6 is 11.3 Å². The monoisotopic (exact) mass is 272 g/mol. The minimum atomic E-state index is -1.11. The molecule has 2 heterocycles. The van der Waals surface area contributed by atoms with Crippen molar-refractivity contribution in [1.29, 1.82) is 0 Å². The zero-order valence-electron chi connectivity index (χ0n) is 9.59. The minimum Gasteiger partial charge on any atom is -0.476 e. The SMILES string of the molecule is O=C(O)c1nnn(-c2nccs2)c1-c1ccccc1. The van der Waals surface area contributed by atoms with Gasteiger partial charge in [0.2, 0.25) is 5.13 Å². The predicted octanol–water partition coefficient (Wildman–Crippen LogP) is 2.09. The van der Waals surface area contributed by atoms with Crippen LogP contribution in [-0.2, 0) is 0 Å². The molecule has 1 N–H and O–H groups in total. The molecule has 0 spiro atoms. The lowest BCUT2D eigenvalue weighted by Gasteiger charge is -2.03. The highest BCUT2D eigenvalue weighted by molar-refractivity contribution is 7.12. The third-order valence-electron chi connectivity index (χ3n) is 2.52. The summed E-state index contributed by atoms with van der Waals surface area (Å²) in [5.74, 6) is -1.11. The average Bonchev–Trinajstić information content (AvgIpc) is 3.08. The number of nitrogens with zero attached hydrogens (tertiary/aromatic N) is 4. The molecule has 3 rings (SSSR count). The number of thiazole rings is 1. The molecule has 0 aliphatic rings. The summed E-state index contributed by atoms with van der Waals surface area (Å²) in [6.07, 6.45) is 1.64. The number of hydrogen-bond donors (Lipinski definition) is 1. The molecule has 0 amide bonds. The average molecular weight is 272 g/mol. The highest BCUT2D eigenvalue weighted by atomic mass is 32.1. The molecule has 0 aliphatic heterocycles. The first kappa shape index (κ1) is 11.5. The number of carboxylic acid groups (broad SMARTS) is 1. The molecule has 0 unspecified atom stereocenters. The zero-order chi connectivity index (χ0) is 13.2. The molecule has 0 saturated heterocycles. The van der Waals surface area contributed by atoms with E-state index in [1.165, 1.54) is 16.0 Å². The summed E-state index contributed by atoms with van der Waals surface area (Å²) in [5.41, 5.74) is 1.09. The van der Waals surface area contributed by atoms with Gasteiger partial charge in [0, 0.05) is 17.1 Å². The van der Waals surface area contributed by atoms with Gasteiger partial charge >= 0.3 is 5.97 Å². The molecular formula is C12H8N4O2S. The first-order valence-electron chi connectivity index (χ1n) is 5.41. The second-order valence-electron chi connectivity index (χ2n) is 3.68. The summed E-state index contributed by atoms with van der Waals surface area (Å²) >= 11 is 1.37. The predicted molar refractivity (Wildman–Crippen MR) is 69.4 cm³/mol. The Hall–Kier alpha value is -2.54. The number of aromatic nitrogens is 4. The van der Waals surface area contributed by atoms with Gasteiger partial charge in [0.1, 0.15) is 5.69 Å². The fourth-order valence-electron chi connectivity index (χ4n) is 1.74. The lowest BCUT2D eigenvalue weighted by Crippen LogP contribution is -2.02. The number of hydrogen-bond acceptors (Lipinski definition) is 5. The summed E-state index contributed by atoms with van der Waals surface area (Å²) in [6.45, 7) is 0. The molecule has 1 aromatic carbocycles. The maximum absolute atomic E-state index is 11.2.